The van der Waals surface area contributed by atoms with E-state index in [9.17, 15) is 0 Å². The lowest BCUT2D eigenvalue weighted by molar-refractivity contribution is 0.311. The predicted molar refractivity (Wildman–Crippen MR) is 73.9 cm³/mol. The van der Waals surface area contributed by atoms with E-state index in [4.69, 9.17) is 5.11 Å². The zero-order valence-corrected chi connectivity index (χ0v) is 10.3. The van der Waals surface area contributed by atoms with Crippen LogP contribution in [0.2, 0.25) is 0 Å². The van der Waals surface area contributed by atoms with Crippen LogP contribution in [0.25, 0.3) is 10.8 Å². The second-order valence-electron chi connectivity index (χ2n) is 4.23. The van der Waals surface area contributed by atoms with E-state index in [-0.39, 0.29) is 6.61 Å². The van der Waals surface area contributed by atoms with Crippen LogP contribution in [-0.4, -0.2) is 32.4 Å². The van der Waals surface area contributed by atoms with Crippen molar-refractivity contribution in [2.45, 2.75) is 0 Å². The van der Waals surface area contributed by atoms with Gasteiger partial charge in [0.2, 0.25) is 0 Å². The molecule has 0 radical (unpaired) electrons. The Balaban J connectivity index is 2.58. The molecule has 0 saturated carbocycles. The first kappa shape index (κ1) is 11.7. The Labute approximate surface area is 102 Å². The summed E-state index contributed by atoms with van der Waals surface area (Å²) < 4.78 is 0. The van der Waals surface area contributed by atoms with Crippen LogP contribution >= 0.6 is 0 Å². The average molecular weight is 230 g/mol. The molecule has 0 aliphatic carbocycles. The van der Waals surface area contributed by atoms with Crippen molar-refractivity contribution in [1.82, 2.24) is 0 Å². The molecule has 0 aliphatic rings. The fraction of sp³-hybridized carbons (Fsp3) is 0.286. The summed E-state index contributed by atoms with van der Waals surface area (Å²) in [5, 5.41) is 14.6. The number of rotatable bonds is 4. The lowest BCUT2D eigenvalue weighted by atomic mass is 10.1. The number of aliphatic hydroxyl groups excluding tert-OH is 1. The molecular formula is C14H18N2O. The van der Waals surface area contributed by atoms with Gasteiger partial charge >= 0.3 is 0 Å². The van der Waals surface area contributed by atoms with Gasteiger partial charge in [-0.3, -0.25) is 0 Å². The standard InChI is InChI=1S/C14H18N2O/c1-16(2)13-8-4-6-11-5-3-7-12(14(11)13)15-9-10-17/h3-8,15,17H,9-10H2,1-2H3. The Morgan fingerprint density at radius 3 is 2.47 bits per heavy atom. The number of aliphatic hydroxyl groups is 1. The monoisotopic (exact) mass is 230 g/mol. The lowest BCUT2D eigenvalue weighted by Gasteiger charge is -2.18. The van der Waals surface area contributed by atoms with Crippen molar-refractivity contribution in [3.8, 4) is 0 Å². The van der Waals surface area contributed by atoms with Crippen molar-refractivity contribution in [2.75, 3.05) is 37.5 Å². The minimum absolute atomic E-state index is 0.139. The highest BCUT2D eigenvalue weighted by Gasteiger charge is 2.06. The summed E-state index contributed by atoms with van der Waals surface area (Å²) in [6, 6.07) is 12.4. The molecule has 2 N–H and O–H groups in total. The van der Waals surface area contributed by atoms with E-state index in [0.717, 1.165) is 5.69 Å². The topological polar surface area (TPSA) is 35.5 Å². The Hall–Kier alpha value is -1.74. The predicted octanol–water partition coefficient (Wildman–Crippen LogP) is 2.31. The number of benzene rings is 2. The Kier molecular flexibility index (Phi) is 3.49. The van der Waals surface area contributed by atoms with Gasteiger partial charge in [0.15, 0.2) is 0 Å². The molecule has 3 heteroatoms. The minimum atomic E-state index is 0.139. The second-order valence-corrected chi connectivity index (χ2v) is 4.23. The molecule has 90 valence electrons. The van der Waals surface area contributed by atoms with Crippen LogP contribution in [0, 0.1) is 0 Å². The van der Waals surface area contributed by atoms with Crippen LogP contribution in [0.15, 0.2) is 36.4 Å². The summed E-state index contributed by atoms with van der Waals surface area (Å²) in [6.07, 6.45) is 0. The van der Waals surface area contributed by atoms with Crippen LogP contribution in [0.4, 0.5) is 11.4 Å². The molecule has 0 fully saturated rings. The summed E-state index contributed by atoms with van der Waals surface area (Å²) in [7, 11) is 4.08. The van der Waals surface area contributed by atoms with Gasteiger partial charge in [-0.1, -0.05) is 24.3 Å². The third-order valence-corrected chi connectivity index (χ3v) is 2.79. The SMILES string of the molecule is CN(C)c1cccc2cccc(NCCO)c12. The zero-order valence-electron chi connectivity index (χ0n) is 10.3. The number of fused-ring (bicyclic) bond motifs is 1. The third kappa shape index (κ3) is 2.34. The molecule has 0 unspecified atom stereocenters. The van der Waals surface area contributed by atoms with Gasteiger partial charge in [-0.05, 0) is 17.5 Å². The van der Waals surface area contributed by atoms with Gasteiger partial charge in [0.25, 0.3) is 0 Å². The van der Waals surface area contributed by atoms with Crippen molar-refractivity contribution in [1.29, 1.82) is 0 Å². The molecule has 0 bridgehead atoms. The highest BCUT2D eigenvalue weighted by atomic mass is 16.3. The Bertz CT molecular complexity index is 503. The van der Waals surface area contributed by atoms with Crippen LogP contribution in [-0.2, 0) is 0 Å². The molecule has 0 atom stereocenters. The number of anilines is 2. The summed E-state index contributed by atoms with van der Waals surface area (Å²) in [4.78, 5) is 2.10. The lowest BCUT2D eigenvalue weighted by Crippen LogP contribution is -2.11. The zero-order chi connectivity index (χ0) is 12.3. The van der Waals surface area contributed by atoms with Crippen LogP contribution in [0.1, 0.15) is 0 Å². The molecule has 0 heterocycles. The van der Waals surface area contributed by atoms with E-state index < -0.39 is 0 Å². The van der Waals surface area contributed by atoms with E-state index in [2.05, 4.69) is 34.5 Å². The van der Waals surface area contributed by atoms with Gasteiger partial charge in [-0.15, -0.1) is 0 Å². The third-order valence-electron chi connectivity index (χ3n) is 2.79. The highest BCUT2D eigenvalue weighted by Crippen LogP contribution is 2.31. The molecule has 17 heavy (non-hydrogen) atoms. The van der Waals surface area contributed by atoms with E-state index in [0.29, 0.717) is 6.54 Å². The fourth-order valence-electron chi connectivity index (χ4n) is 2.03. The second kappa shape index (κ2) is 5.06. The summed E-state index contributed by atoms with van der Waals surface area (Å²) >= 11 is 0. The molecule has 0 spiro atoms. The molecule has 2 aromatic rings. The fourth-order valence-corrected chi connectivity index (χ4v) is 2.03. The van der Waals surface area contributed by atoms with E-state index >= 15 is 0 Å². The van der Waals surface area contributed by atoms with E-state index in [1.54, 1.807) is 0 Å². The average Bonchev–Trinajstić information content (AvgIpc) is 2.35. The van der Waals surface area contributed by atoms with Gasteiger partial charge in [-0.25, -0.2) is 0 Å². The molecular weight excluding hydrogens is 212 g/mol. The number of hydrogen-bond acceptors (Lipinski definition) is 3. The molecule has 3 nitrogen and oxygen atoms in total. The number of hydrogen-bond donors (Lipinski definition) is 2. The summed E-state index contributed by atoms with van der Waals surface area (Å²) in [6.45, 7) is 0.710. The first-order chi connectivity index (χ1) is 8.24. The molecule has 2 aromatic carbocycles. The van der Waals surface area contributed by atoms with Gasteiger partial charge in [0, 0.05) is 37.4 Å². The van der Waals surface area contributed by atoms with Crippen molar-refractivity contribution in [2.24, 2.45) is 0 Å². The maximum Gasteiger partial charge on any atom is 0.0604 e. The Morgan fingerprint density at radius 2 is 1.82 bits per heavy atom. The maximum atomic E-state index is 8.91. The van der Waals surface area contributed by atoms with Gasteiger partial charge < -0.3 is 15.3 Å². The normalized spacial score (nSPS) is 10.5. The number of nitrogens with zero attached hydrogens (tertiary/aromatic N) is 1. The van der Waals surface area contributed by atoms with Crippen LogP contribution in [0.3, 0.4) is 0 Å². The summed E-state index contributed by atoms with van der Waals surface area (Å²) in [5.41, 5.74) is 2.25. The van der Waals surface area contributed by atoms with Crippen molar-refractivity contribution >= 4 is 22.1 Å². The highest BCUT2D eigenvalue weighted by molar-refractivity contribution is 6.03. The van der Waals surface area contributed by atoms with Crippen molar-refractivity contribution in [3.05, 3.63) is 36.4 Å². The van der Waals surface area contributed by atoms with Crippen LogP contribution in [0.5, 0.6) is 0 Å². The smallest absolute Gasteiger partial charge is 0.0604 e. The van der Waals surface area contributed by atoms with Gasteiger partial charge in [-0.2, -0.15) is 0 Å². The summed E-state index contributed by atoms with van der Waals surface area (Å²) in [5.74, 6) is 0. The first-order valence-corrected chi connectivity index (χ1v) is 5.78. The Morgan fingerprint density at radius 1 is 1.12 bits per heavy atom. The van der Waals surface area contributed by atoms with E-state index in [1.807, 2.05) is 26.2 Å². The largest absolute Gasteiger partial charge is 0.395 e. The molecule has 0 aromatic heterocycles. The van der Waals surface area contributed by atoms with Gasteiger partial charge in [0.05, 0.1) is 6.61 Å². The molecule has 2 rings (SSSR count). The maximum absolute atomic E-state index is 8.91. The van der Waals surface area contributed by atoms with Crippen molar-refractivity contribution in [3.63, 3.8) is 0 Å². The molecule has 0 aliphatic heterocycles. The number of nitrogens with one attached hydrogen (secondary N) is 1. The minimum Gasteiger partial charge on any atom is -0.395 e. The first-order valence-electron chi connectivity index (χ1n) is 5.78. The molecule has 0 amide bonds. The van der Waals surface area contributed by atoms with Crippen LogP contribution < -0.4 is 10.2 Å². The van der Waals surface area contributed by atoms with Gasteiger partial charge in [0.1, 0.15) is 0 Å². The quantitative estimate of drug-likeness (QED) is 0.846. The van der Waals surface area contributed by atoms with Crippen molar-refractivity contribution < 1.29 is 5.11 Å². The molecule has 0 saturated heterocycles. The van der Waals surface area contributed by atoms with E-state index in [1.165, 1.54) is 16.5 Å².